The van der Waals surface area contributed by atoms with Crippen molar-refractivity contribution in [2.75, 3.05) is 0 Å². The Bertz CT molecular complexity index is 232. The Labute approximate surface area is 73.6 Å². The van der Waals surface area contributed by atoms with Crippen LogP contribution >= 0.6 is 0 Å². The molecule has 2 aliphatic rings. The first kappa shape index (κ1) is 8.11. The van der Waals surface area contributed by atoms with Crippen LogP contribution in [0.25, 0.3) is 0 Å². The molecule has 3 atom stereocenters. The molecule has 0 aromatic rings. The van der Waals surface area contributed by atoms with Gasteiger partial charge in [-0.05, 0) is 23.7 Å². The summed E-state index contributed by atoms with van der Waals surface area (Å²) in [5.41, 5.74) is 3.79. The summed E-state index contributed by atoms with van der Waals surface area (Å²) in [4.78, 5) is 0. The fourth-order valence-corrected chi connectivity index (χ4v) is 2.78. The van der Waals surface area contributed by atoms with E-state index in [0.717, 1.165) is 5.70 Å². The zero-order valence-corrected chi connectivity index (χ0v) is 7.96. The van der Waals surface area contributed by atoms with Crippen molar-refractivity contribution >= 4 is 0 Å². The van der Waals surface area contributed by atoms with Gasteiger partial charge in [0.25, 0.3) is 0 Å². The van der Waals surface area contributed by atoms with Crippen LogP contribution in [0, 0.1) is 23.2 Å². The fraction of sp³-hybridized carbons (Fsp3) is 0.800. The first-order chi connectivity index (χ1) is 5.57. The molecule has 2 bridgehead atoms. The fourth-order valence-electron chi connectivity index (χ4n) is 2.78. The largest absolute Gasteiger partial charge is 0.291 e. The van der Waals surface area contributed by atoms with Gasteiger partial charge < -0.3 is 0 Å². The minimum absolute atomic E-state index is 0.422. The van der Waals surface area contributed by atoms with E-state index < -0.39 is 0 Å². The molecule has 1 saturated carbocycles. The van der Waals surface area contributed by atoms with E-state index in [9.17, 15) is 0 Å². The highest BCUT2D eigenvalue weighted by atomic mass is 16.5. The average Bonchev–Trinajstić information content (AvgIpc) is 2.52. The van der Waals surface area contributed by atoms with E-state index in [1.54, 1.807) is 0 Å². The molecular formula is C10H17NO. The number of rotatable bonds is 1. The lowest BCUT2D eigenvalue weighted by Crippen LogP contribution is -2.30. The molecule has 68 valence electrons. The van der Waals surface area contributed by atoms with Crippen molar-refractivity contribution in [3.8, 4) is 0 Å². The van der Waals surface area contributed by atoms with Crippen LogP contribution in [-0.4, -0.2) is 5.21 Å². The summed E-state index contributed by atoms with van der Waals surface area (Å²) in [6, 6.07) is 0. The molecule has 0 spiro atoms. The minimum atomic E-state index is 0.422. The van der Waals surface area contributed by atoms with Gasteiger partial charge in [0.15, 0.2) is 0 Å². The predicted molar refractivity (Wildman–Crippen MR) is 47.5 cm³/mol. The molecule has 0 aromatic carbocycles. The number of nitrogens with one attached hydrogen (secondary N) is 1. The van der Waals surface area contributed by atoms with Crippen LogP contribution in [0.3, 0.4) is 0 Å². The number of fused-ring (bicyclic) bond motifs is 2. The first-order valence-corrected chi connectivity index (χ1v) is 4.69. The molecule has 2 aliphatic carbocycles. The van der Waals surface area contributed by atoms with E-state index in [2.05, 4.69) is 32.3 Å². The summed E-state index contributed by atoms with van der Waals surface area (Å²) in [7, 11) is 0. The third kappa shape index (κ3) is 0.789. The van der Waals surface area contributed by atoms with Crippen LogP contribution in [0.5, 0.6) is 0 Å². The molecule has 2 nitrogen and oxygen atoms in total. The maximum atomic E-state index is 8.86. The molecule has 2 N–H and O–H groups in total. The Morgan fingerprint density at radius 3 is 2.67 bits per heavy atom. The van der Waals surface area contributed by atoms with Gasteiger partial charge in [-0.3, -0.25) is 10.7 Å². The van der Waals surface area contributed by atoms with Crippen molar-refractivity contribution in [2.45, 2.75) is 27.2 Å². The van der Waals surface area contributed by atoms with Crippen molar-refractivity contribution in [1.82, 2.24) is 5.48 Å². The molecule has 2 heteroatoms. The maximum absolute atomic E-state index is 8.86. The van der Waals surface area contributed by atoms with Crippen LogP contribution in [0.15, 0.2) is 11.8 Å². The molecule has 2 rings (SSSR count). The van der Waals surface area contributed by atoms with Crippen molar-refractivity contribution in [2.24, 2.45) is 23.2 Å². The molecule has 0 saturated heterocycles. The average molecular weight is 167 g/mol. The molecule has 0 aromatic heterocycles. The summed E-state index contributed by atoms with van der Waals surface area (Å²) in [6.45, 7) is 6.94. The van der Waals surface area contributed by atoms with Crippen molar-refractivity contribution in [3.05, 3.63) is 11.8 Å². The molecule has 0 heterocycles. The highest BCUT2D eigenvalue weighted by Gasteiger charge is 2.50. The van der Waals surface area contributed by atoms with Gasteiger partial charge in [-0.15, -0.1) is 0 Å². The van der Waals surface area contributed by atoms with Gasteiger partial charge in [0, 0.05) is 11.6 Å². The first-order valence-electron chi connectivity index (χ1n) is 4.69. The van der Waals surface area contributed by atoms with Gasteiger partial charge in [-0.1, -0.05) is 26.8 Å². The Morgan fingerprint density at radius 1 is 1.58 bits per heavy atom. The Kier molecular flexibility index (Phi) is 1.52. The number of allylic oxidation sites excluding steroid dienone is 2. The standard InChI is InChI=1S/C10H17NO/c1-6-8-4-7(10(6,2)3)5-9(8)11-12/h5-8,11-12H,4H2,1-3H3. The van der Waals surface area contributed by atoms with E-state index in [1.165, 1.54) is 6.42 Å². The third-order valence-electron chi connectivity index (χ3n) is 4.15. The van der Waals surface area contributed by atoms with E-state index in [1.807, 2.05) is 0 Å². The molecule has 3 unspecified atom stereocenters. The van der Waals surface area contributed by atoms with Crippen LogP contribution in [0.4, 0.5) is 0 Å². The molecule has 1 fully saturated rings. The van der Waals surface area contributed by atoms with Crippen LogP contribution < -0.4 is 5.48 Å². The predicted octanol–water partition coefficient (Wildman–Crippen LogP) is 2.16. The number of hydrogen-bond donors (Lipinski definition) is 2. The molecule has 0 radical (unpaired) electrons. The molecule has 0 amide bonds. The third-order valence-corrected chi connectivity index (χ3v) is 4.15. The Morgan fingerprint density at radius 2 is 2.25 bits per heavy atom. The van der Waals surface area contributed by atoms with Crippen molar-refractivity contribution in [1.29, 1.82) is 0 Å². The molecular weight excluding hydrogens is 150 g/mol. The van der Waals surface area contributed by atoms with Gasteiger partial charge in [-0.25, -0.2) is 0 Å². The Balaban J connectivity index is 2.31. The summed E-state index contributed by atoms with van der Waals surface area (Å²) in [5, 5.41) is 8.86. The lowest BCUT2D eigenvalue weighted by atomic mass is 9.72. The van der Waals surface area contributed by atoms with Gasteiger partial charge in [0.1, 0.15) is 0 Å². The van der Waals surface area contributed by atoms with Crippen molar-refractivity contribution in [3.63, 3.8) is 0 Å². The van der Waals surface area contributed by atoms with Gasteiger partial charge in [0.2, 0.25) is 0 Å². The van der Waals surface area contributed by atoms with Crippen LogP contribution in [0.1, 0.15) is 27.2 Å². The molecule has 0 aliphatic heterocycles. The van der Waals surface area contributed by atoms with Crippen molar-refractivity contribution < 1.29 is 5.21 Å². The topological polar surface area (TPSA) is 32.3 Å². The smallest absolute Gasteiger partial charge is 0.0373 e. The summed E-state index contributed by atoms with van der Waals surface area (Å²) < 4.78 is 0. The summed E-state index contributed by atoms with van der Waals surface area (Å²) in [5.74, 6) is 1.91. The zero-order valence-electron chi connectivity index (χ0n) is 7.96. The second-order valence-corrected chi connectivity index (χ2v) is 4.79. The minimum Gasteiger partial charge on any atom is -0.291 e. The van der Waals surface area contributed by atoms with E-state index in [0.29, 0.717) is 23.2 Å². The summed E-state index contributed by atoms with van der Waals surface area (Å²) >= 11 is 0. The normalized spacial score (nSPS) is 43.0. The number of hydrogen-bond acceptors (Lipinski definition) is 2. The van der Waals surface area contributed by atoms with E-state index >= 15 is 0 Å². The summed E-state index contributed by atoms with van der Waals surface area (Å²) in [6.07, 6.45) is 3.42. The SMILES string of the molecule is CC1C2CC(C=C2NO)C1(C)C. The van der Waals surface area contributed by atoms with E-state index in [-0.39, 0.29) is 0 Å². The Hall–Kier alpha value is -0.500. The zero-order chi connectivity index (χ0) is 8.93. The maximum Gasteiger partial charge on any atom is 0.0373 e. The lowest BCUT2D eigenvalue weighted by Gasteiger charge is -2.34. The second kappa shape index (κ2) is 2.25. The van der Waals surface area contributed by atoms with Gasteiger partial charge >= 0.3 is 0 Å². The second-order valence-electron chi connectivity index (χ2n) is 4.79. The number of hydroxylamine groups is 1. The quantitative estimate of drug-likeness (QED) is 0.586. The highest BCUT2D eigenvalue weighted by molar-refractivity contribution is 5.23. The van der Waals surface area contributed by atoms with Crippen LogP contribution in [0.2, 0.25) is 0 Å². The van der Waals surface area contributed by atoms with Crippen LogP contribution in [-0.2, 0) is 0 Å². The van der Waals surface area contributed by atoms with E-state index in [4.69, 9.17) is 5.21 Å². The highest BCUT2D eigenvalue weighted by Crippen LogP contribution is 2.57. The van der Waals surface area contributed by atoms with Gasteiger partial charge in [0.05, 0.1) is 0 Å². The lowest BCUT2D eigenvalue weighted by molar-refractivity contribution is 0.150. The molecule has 12 heavy (non-hydrogen) atoms. The monoisotopic (exact) mass is 167 g/mol. The van der Waals surface area contributed by atoms with Gasteiger partial charge in [-0.2, -0.15) is 0 Å².